The van der Waals surface area contributed by atoms with Gasteiger partial charge in [0.1, 0.15) is 0 Å². The molecule has 0 aromatic carbocycles. The van der Waals surface area contributed by atoms with E-state index in [1.807, 2.05) is 0 Å². The zero-order valence-corrected chi connectivity index (χ0v) is 12.8. The van der Waals surface area contributed by atoms with E-state index in [2.05, 4.69) is 10.6 Å². The van der Waals surface area contributed by atoms with E-state index < -0.39 is 12.1 Å². The van der Waals surface area contributed by atoms with E-state index in [-0.39, 0.29) is 30.2 Å². The Morgan fingerprint density at radius 2 is 1.82 bits per heavy atom. The number of amides is 1. The molecular formula is C16H25F3N2O. The minimum Gasteiger partial charge on any atom is -0.353 e. The van der Waals surface area contributed by atoms with Crippen LogP contribution in [0.15, 0.2) is 0 Å². The third kappa shape index (κ3) is 2.99. The molecule has 1 amide bonds. The van der Waals surface area contributed by atoms with Gasteiger partial charge in [0.05, 0.1) is 11.3 Å². The second kappa shape index (κ2) is 6.02. The van der Waals surface area contributed by atoms with E-state index in [1.54, 1.807) is 0 Å². The molecule has 2 N–H and O–H groups in total. The number of hydrogen-bond acceptors (Lipinski definition) is 2. The van der Waals surface area contributed by atoms with Crippen LogP contribution in [0.2, 0.25) is 0 Å². The van der Waals surface area contributed by atoms with Gasteiger partial charge in [-0.3, -0.25) is 4.79 Å². The predicted molar refractivity (Wildman–Crippen MR) is 77.2 cm³/mol. The van der Waals surface area contributed by atoms with Crippen LogP contribution in [0.4, 0.5) is 13.2 Å². The van der Waals surface area contributed by atoms with Gasteiger partial charge in [-0.2, -0.15) is 13.2 Å². The lowest BCUT2D eigenvalue weighted by atomic mass is 9.67. The van der Waals surface area contributed by atoms with Gasteiger partial charge in [-0.05, 0) is 51.0 Å². The van der Waals surface area contributed by atoms with E-state index in [1.165, 1.54) is 6.42 Å². The Morgan fingerprint density at radius 1 is 1.09 bits per heavy atom. The van der Waals surface area contributed by atoms with Crippen molar-refractivity contribution in [1.29, 1.82) is 0 Å². The largest absolute Gasteiger partial charge is 0.391 e. The number of nitrogens with one attached hydrogen (secondary N) is 2. The fourth-order valence-corrected chi connectivity index (χ4v) is 4.58. The molecule has 0 aromatic heterocycles. The molecule has 0 aromatic rings. The summed E-state index contributed by atoms with van der Waals surface area (Å²) in [4.78, 5) is 12.8. The molecule has 3 nitrogen and oxygen atoms in total. The summed E-state index contributed by atoms with van der Waals surface area (Å²) < 4.78 is 38.1. The van der Waals surface area contributed by atoms with Crippen LogP contribution in [0.25, 0.3) is 0 Å². The second-order valence-corrected chi connectivity index (χ2v) is 7.29. The van der Waals surface area contributed by atoms with Gasteiger partial charge in [-0.1, -0.05) is 12.8 Å². The summed E-state index contributed by atoms with van der Waals surface area (Å²) in [5, 5.41) is 6.42. The normalized spacial score (nSPS) is 39.3. The van der Waals surface area contributed by atoms with Crippen LogP contribution in [0.3, 0.4) is 0 Å². The average Bonchev–Trinajstić information content (AvgIpc) is 2.92. The molecule has 6 heteroatoms. The number of fused-ring (bicyclic) bond motifs is 1. The summed E-state index contributed by atoms with van der Waals surface area (Å²) in [6.07, 6.45) is 1.35. The van der Waals surface area contributed by atoms with Crippen LogP contribution >= 0.6 is 0 Å². The Kier molecular flexibility index (Phi) is 4.40. The molecule has 0 unspecified atom stereocenters. The van der Waals surface area contributed by atoms with Crippen molar-refractivity contribution in [1.82, 2.24) is 10.6 Å². The van der Waals surface area contributed by atoms with Crippen molar-refractivity contribution < 1.29 is 18.0 Å². The molecule has 2 aliphatic carbocycles. The van der Waals surface area contributed by atoms with Gasteiger partial charge in [0, 0.05) is 12.6 Å². The van der Waals surface area contributed by atoms with Gasteiger partial charge in [0.25, 0.3) is 0 Å². The van der Waals surface area contributed by atoms with E-state index in [0.717, 1.165) is 32.4 Å². The Hall–Kier alpha value is -0.780. The van der Waals surface area contributed by atoms with Crippen molar-refractivity contribution >= 4 is 5.91 Å². The Balaban J connectivity index is 1.56. The summed E-state index contributed by atoms with van der Waals surface area (Å²) in [6.45, 7) is 1.62. The number of hydrogen-bond donors (Lipinski definition) is 2. The molecule has 1 aliphatic heterocycles. The standard InChI is InChI=1S/C16H25F3N2O/c17-16(18,19)11-4-6-13(7-5-11)21-14(22)15-8-2-1-3-12(15)9-20-10-15/h11-13,20H,1-10H2,(H,21,22)/t11?,12-,13?,15+/m0/s1. The van der Waals surface area contributed by atoms with Crippen molar-refractivity contribution in [2.45, 2.75) is 63.6 Å². The van der Waals surface area contributed by atoms with Crippen LogP contribution in [-0.2, 0) is 4.79 Å². The lowest BCUT2D eigenvalue weighted by Gasteiger charge is -2.39. The molecule has 126 valence electrons. The first-order valence-corrected chi connectivity index (χ1v) is 8.50. The van der Waals surface area contributed by atoms with Crippen molar-refractivity contribution in [2.24, 2.45) is 17.3 Å². The minimum atomic E-state index is -4.09. The molecule has 0 bridgehead atoms. The van der Waals surface area contributed by atoms with Gasteiger partial charge in [0.2, 0.25) is 5.91 Å². The highest BCUT2D eigenvalue weighted by molar-refractivity contribution is 5.84. The van der Waals surface area contributed by atoms with Crippen molar-refractivity contribution in [2.75, 3.05) is 13.1 Å². The summed E-state index contributed by atoms with van der Waals surface area (Å²) in [5.41, 5.74) is -0.306. The number of rotatable bonds is 2. The van der Waals surface area contributed by atoms with Gasteiger partial charge in [-0.25, -0.2) is 0 Å². The SMILES string of the molecule is O=C(NC1CCC(C(F)(F)F)CC1)[C@@]12CCCC[C@H]1CNC2. The third-order valence-electron chi connectivity index (χ3n) is 6.02. The predicted octanol–water partition coefficient (Wildman–Crippen LogP) is 3.00. The highest BCUT2D eigenvalue weighted by Crippen LogP contribution is 2.44. The van der Waals surface area contributed by atoms with Gasteiger partial charge < -0.3 is 10.6 Å². The maximum absolute atomic E-state index is 12.8. The zero-order valence-electron chi connectivity index (χ0n) is 12.8. The van der Waals surface area contributed by atoms with Crippen LogP contribution in [-0.4, -0.2) is 31.2 Å². The maximum atomic E-state index is 12.8. The van der Waals surface area contributed by atoms with Crippen LogP contribution < -0.4 is 10.6 Å². The van der Waals surface area contributed by atoms with Gasteiger partial charge >= 0.3 is 6.18 Å². The molecule has 1 saturated heterocycles. The first-order valence-electron chi connectivity index (χ1n) is 8.50. The Morgan fingerprint density at radius 3 is 2.50 bits per heavy atom. The average molecular weight is 318 g/mol. The van der Waals surface area contributed by atoms with E-state index in [4.69, 9.17) is 0 Å². The minimum absolute atomic E-state index is 0.0800. The molecule has 22 heavy (non-hydrogen) atoms. The van der Waals surface area contributed by atoms with Crippen molar-refractivity contribution in [3.05, 3.63) is 0 Å². The Bertz CT molecular complexity index is 418. The van der Waals surface area contributed by atoms with Gasteiger partial charge in [0.15, 0.2) is 0 Å². The third-order valence-corrected chi connectivity index (χ3v) is 6.02. The smallest absolute Gasteiger partial charge is 0.353 e. The van der Waals surface area contributed by atoms with E-state index in [0.29, 0.717) is 18.8 Å². The number of carbonyl (C=O) groups excluding carboxylic acids is 1. The lowest BCUT2D eigenvalue weighted by molar-refractivity contribution is -0.182. The Labute approximate surface area is 129 Å². The molecule has 3 fully saturated rings. The lowest BCUT2D eigenvalue weighted by Crippen LogP contribution is -2.51. The topological polar surface area (TPSA) is 41.1 Å². The summed E-state index contributed by atoms with van der Waals surface area (Å²) in [5.74, 6) is -0.709. The van der Waals surface area contributed by atoms with Crippen LogP contribution in [0.1, 0.15) is 51.4 Å². The fraction of sp³-hybridized carbons (Fsp3) is 0.938. The molecule has 2 atom stereocenters. The molecule has 1 heterocycles. The first kappa shape index (κ1) is 16.1. The second-order valence-electron chi connectivity index (χ2n) is 7.29. The molecule has 3 rings (SSSR count). The number of carbonyl (C=O) groups is 1. The molecule has 3 aliphatic rings. The van der Waals surface area contributed by atoms with E-state index in [9.17, 15) is 18.0 Å². The van der Waals surface area contributed by atoms with Crippen LogP contribution in [0, 0.1) is 17.3 Å². The number of halogens is 3. The molecule has 0 spiro atoms. The molecular weight excluding hydrogens is 293 g/mol. The quantitative estimate of drug-likeness (QED) is 0.822. The monoisotopic (exact) mass is 318 g/mol. The summed E-state index contributed by atoms with van der Waals surface area (Å²) in [7, 11) is 0. The van der Waals surface area contributed by atoms with E-state index >= 15 is 0 Å². The first-order chi connectivity index (χ1) is 10.4. The summed E-state index contributed by atoms with van der Waals surface area (Å²) >= 11 is 0. The van der Waals surface area contributed by atoms with Crippen molar-refractivity contribution in [3.63, 3.8) is 0 Å². The maximum Gasteiger partial charge on any atom is 0.391 e. The molecule has 2 saturated carbocycles. The highest BCUT2D eigenvalue weighted by Gasteiger charge is 2.50. The van der Waals surface area contributed by atoms with Crippen LogP contribution in [0.5, 0.6) is 0 Å². The zero-order chi connectivity index (χ0) is 15.8. The highest BCUT2D eigenvalue weighted by atomic mass is 19.4. The molecule has 0 radical (unpaired) electrons. The fourth-order valence-electron chi connectivity index (χ4n) is 4.58. The van der Waals surface area contributed by atoms with Gasteiger partial charge in [-0.15, -0.1) is 0 Å². The number of alkyl halides is 3. The van der Waals surface area contributed by atoms with Crippen molar-refractivity contribution in [3.8, 4) is 0 Å². The summed E-state index contributed by atoms with van der Waals surface area (Å²) in [6, 6.07) is -0.0800.